The van der Waals surface area contributed by atoms with Crippen LogP contribution in [-0.4, -0.2) is 63.7 Å². The van der Waals surface area contributed by atoms with Crippen molar-refractivity contribution in [1.29, 1.82) is 5.26 Å². The van der Waals surface area contributed by atoms with E-state index in [9.17, 15) is 10.4 Å². The number of nitrogens with zero attached hydrogens (tertiary/aromatic N) is 5. The summed E-state index contributed by atoms with van der Waals surface area (Å²) < 4.78 is 1.86. The third-order valence-corrected chi connectivity index (χ3v) is 4.70. The van der Waals surface area contributed by atoms with E-state index in [4.69, 9.17) is 0 Å². The molecule has 1 N–H and O–H groups in total. The van der Waals surface area contributed by atoms with Crippen LogP contribution in [0.1, 0.15) is 12.7 Å². The molecule has 0 amide bonds. The molecule has 0 aliphatic carbocycles. The number of allylic oxidation sites excluding steroid dienone is 1. The summed E-state index contributed by atoms with van der Waals surface area (Å²) in [4.78, 5) is 9.08. The fourth-order valence-corrected chi connectivity index (χ4v) is 3.17. The third kappa shape index (κ3) is 3.14. The molecule has 6 nitrogen and oxygen atoms in total. The molecule has 0 atom stereocenters. The number of hydrogen-bond acceptors (Lipinski definition) is 5. The van der Waals surface area contributed by atoms with Gasteiger partial charge < -0.3 is 14.6 Å². The number of nitriles is 1. The van der Waals surface area contributed by atoms with Crippen molar-refractivity contribution in [3.8, 4) is 6.07 Å². The first-order chi connectivity index (χ1) is 11.6. The second-order valence-electron chi connectivity index (χ2n) is 6.13. The van der Waals surface area contributed by atoms with E-state index < -0.39 is 0 Å². The van der Waals surface area contributed by atoms with Crippen LogP contribution < -0.4 is 0 Å². The summed E-state index contributed by atoms with van der Waals surface area (Å²) in [5.74, 6) is 0.615. The number of aliphatic hydroxyl groups excluding tert-OH is 1. The zero-order valence-electron chi connectivity index (χ0n) is 14.2. The highest BCUT2D eigenvalue weighted by atomic mass is 16.3. The number of aliphatic hydroxyl groups is 1. The van der Waals surface area contributed by atoms with Gasteiger partial charge in [0.15, 0.2) is 5.82 Å². The Morgan fingerprint density at radius 2 is 1.88 bits per heavy atom. The van der Waals surface area contributed by atoms with Crippen LogP contribution >= 0.6 is 0 Å². The van der Waals surface area contributed by atoms with Crippen LogP contribution in [0.25, 0.3) is 16.6 Å². The van der Waals surface area contributed by atoms with E-state index in [0.29, 0.717) is 12.4 Å². The Balaban J connectivity index is 1.85. The summed E-state index contributed by atoms with van der Waals surface area (Å²) in [5.41, 5.74) is 2.03. The summed E-state index contributed by atoms with van der Waals surface area (Å²) >= 11 is 0. The van der Waals surface area contributed by atoms with Crippen molar-refractivity contribution < 1.29 is 5.11 Å². The van der Waals surface area contributed by atoms with Crippen molar-refractivity contribution in [1.82, 2.24) is 19.4 Å². The maximum Gasteiger partial charge on any atom is 0.155 e. The van der Waals surface area contributed by atoms with E-state index >= 15 is 0 Å². The predicted molar refractivity (Wildman–Crippen MR) is 94.4 cm³/mol. The summed E-state index contributed by atoms with van der Waals surface area (Å²) in [6, 6.07) is 9.87. The number of hydrogen-bond donors (Lipinski definition) is 1. The van der Waals surface area contributed by atoms with Crippen molar-refractivity contribution in [3.63, 3.8) is 0 Å². The first-order valence-corrected chi connectivity index (χ1v) is 8.32. The first kappa shape index (κ1) is 16.5. The molecule has 0 bridgehead atoms. The fourth-order valence-electron chi connectivity index (χ4n) is 3.17. The highest BCUT2D eigenvalue weighted by molar-refractivity contribution is 5.83. The summed E-state index contributed by atoms with van der Waals surface area (Å²) in [7, 11) is 1.87. The van der Waals surface area contributed by atoms with Crippen LogP contribution in [0.5, 0.6) is 0 Å². The topological polar surface area (TPSA) is 68.3 Å². The van der Waals surface area contributed by atoms with Crippen molar-refractivity contribution in [2.45, 2.75) is 6.92 Å². The van der Waals surface area contributed by atoms with E-state index in [2.05, 4.69) is 27.8 Å². The van der Waals surface area contributed by atoms with Gasteiger partial charge in [0.25, 0.3) is 0 Å². The maximum absolute atomic E-state index is 10.5. The van der Waals surface area contributed by atoms with Crippen molar-refractivity contribution in [2.24, 2.45) is 7.05 Å². The highest BCUT2D eigenvalue weighted by Crippen LogP contribution is 2.22. The predicted octanol–water partition coefficient (Wildman–Crippen LogP) is 2.00. The number of piperazine rings is 1. The van der Waals surface area contributed by atoms with Gasteiger partial charge in [0, 0.05) is 33.2 Å². The first-order valence-electron chi connectivity index (χ1n) is 8.32. The standard InChI is InChI=1S/C18H23N5O/c1-3-22-8-10-23(11-9-22)13-17(24)14(12-19)18-20-15-6-4-5-7-16(15)21(18)2/h4-7,24H,3,8-11,13H2,1-2H3. The van der Waals surface area contributed by atoms with Crippen LogP contribution in [0.15, 0.2) is 30.0 Å². The average molecular weight is 325 g/mol. The Morgan fingerprint density at radius 3 is 2.50 bits per heavy atom. The molecule has 0 spiro atoms. The van der Waals surface area contributed by atoms with E-state index in [-0.39, 0.29) is 11.3 Å². The van der Waals surface area contributed by atoms with Gasteiger partial charge in [-0.05, 0) is 18.7 Å². The van der Waals surface area contributed by atoms with Gasteiger partial charge in [0.1, 0.15) is 17.4 Å². The normalized spacial score (nSPS) is 17.7. The van der Waals surface area contributed by atoms with Gasteiger partial charge in [-0.15, -0.1) is 0 Å². The monoisotopic (exact) mass is 325 g/mol. The molecule has 6 heteroatoms. The molecule has 1 aliphatic heterocycles. The van der Waals surface area contributed by atoms with Gasteiger partial charge in [-0.25, -0.2) is 4.98 Å². The van der Waals surface area contributed by atoms with Gasteiger partial charge >= 0.3 is 0 Å². The number of imidazole rings is 1. The Kier molecular flexibility index (Phi) is 4.84. The molecule has 1 aromatic heterocycles. The molecule has 1 aromatic carbocycles. The molecular formula is C18H23N5O. The minimum absolute atomic E-state index is 0.0980. The molecule has 0 unspecified atom stereocenters. The molecule has 0 radical (unpaired) electrons. The Hall–Kier alpha value is -2.36. The Labute approximate surface area is 142 Å². The summed E-state index contributed by atoms with van der Waals surface area (Å²) in [5, 5.41) is 20.1. The highest BCUT2D eigenvalue weighted by Gasteiger charge is 2.20. The van der Waals surface area contributed by atoms with Gasteiger partial charge in [0.05, 0.1) is 17.6 Å². The average Bonchev–Trinajstić information content (AvgIpc) is 2.93. The number of para-hydroxylation sites is 2. The lowest BCUT2D eigenvalue weighted by Gasteiger charge is -2.33. The molecular weight excluding hydrogens is 302 g/mol. The van der Waals surface area contributed by atoms with Crippen LogP contribution in [0.2, 0.25) is 0 Å². The zero-order chi connectivity index (χ0) is 17.1. The van der Waals surface area contributed by atoms with E-state index in [1.54, 1.807) is 0 Å². The molecule has 1 aliphatic rings. The third-order valence-electron chi connectivity index (χ3n) is 4.70. The van der Waals surface area contributed by atoms with Crippen LogP contribution in [-0.2, 0) is 7.05 Å². The zero-order valence-corrected chi connectivity index (χ0v) is 14.2. The van der Waals surface area contributed by atoms with E-state index in [0.717, 1.165) is 43.8 Å². The van der Waals surface area contributed by atoms with Crippen molar-refractivity contribution in [2.75, 3.05) is 39.3 Å². The van der Waals surface area contributed by atoms with Crippen LogP contribution in [0.4, 0.5) is 0 Å². The van der Waals surface area contributed by atoms with Gasteiger partial charge in [-0.2, -0.15) is 5.26 Å². The summed E-state index contributed by atoms with van der Waals surface area (Å²) in [6.07, 6.45) is 0. The summed E-state index contributed by atoms with van der Waals surface area (Å²) in [6.45, 7) is 7.41. The van der Waals surface area contributed by atoms with Gasteiger partial charge in [-0.3, -0.25) is 4.90 Å². The quantitative estimate of drug-likeness (QED) is 0.688. The Bertz CT molecular complexity index is 793. The second-order valence-corrected chi connectivity index (χ2v) is 6.13. The number of likely N-dealkylation sites (N-methyl/N-ethyl adjacent to an activating group) is 1. The lowest BCUT2D eigenvalue weighted by atomic mass is 10.2. The smallest absolute Gasteiger partial charge is 0.155 e. The SMILES string of the molecule is CCN1CCN(CC(O)=C(C#N)c2nc3ccccc3n2C)CC1. The molecule has 126 valence electrons. The lowest BCUT2D eigenvalue weighted by molar-refractivity contribution is 0.135. The number of aromatic nitrogens is 2. The van der Waals surface area contributed by atoms with Crippen molar-refractivity contribution >= 4 is 16.6 Å². The van der Waals surface area contributed by atoms with Gasteiger partial charge in [0.2, 0.25) is 0 Å². The lowest BCUT2D eigenvalue weighted by Crippen LogP contribution is -2.46. The number of fused-ring (bicyclic) bond motifs is 1. The van der Waals surface area contributed by atoms with Gasteiger partial charge in [-0.1, -0.05) is 19.1 Å². The largest absolute Gasteiger partial charge is 0.509 e. The minimum Gasteiger partial charge on any atom is -0.509 e. The second kappa shape index (κ2) is 7.04. The molecule has 24 heavy (non-hydrogen) atoms. The maximum atomic E-state index is 10.5. The number of rotatable bonds is 4. The van der Waals surface area contributed by atoms with E-state index in [1.807, 2.05) is 35.9 Å². The Morgan fingerprint density at radius 1 is 1.21 bits per heavy atom. The van der Waals surface area contributed by atoms with Crippen LogP contribution in [0, 0.1) is 11.3 Å². The number of aryl methyl sites for hydroxylation is 1. The molecule has 2 aromatic rings. The minimum atomic E-state index is 0.0980. The molecule has 1 fully saturated rings. The van der Waals surface area contributed by atoms with E-state index in [1.165, 1.54) is 0 Å². The molecule has 3 rings (SSSR count). The number of benzene rings is 1. The van der Waals surface area contributed by atoms with Crippen LogP contribution in [0.3, 0.4) is 0 Å². The molecule has 1 saturated heterocycles. The van der Waals surface area contributed by atoms with Crippen molar-refractivity contribution in [3.05, 3.63) is 35.8 Å². The molecule has 2 heterocycles. The fraction of sp³-hybridized carbons (Fsp3) is 0.444. The molecule has 0 saturated carbocycles.